The van der Waals surface area contributed by atoms with Crippen molar-refractivity contribution in [1.29, 1.82) is 5.26 Å². The third-order valence-corrected chi connectivity index (χ3v) is 3.77. The molecule has 23 heavy (non-hydrogen) atoms. The molecule has 0 aliphatic rings. The maximum atomic E-state index is 9.11. The molecule has 0 radical (unpaired) electrons. The summed E-state index contributed by atoms with van der Waals surface area (Å²) in [5, 5.41) is 22.6. The molecule has 0 amide bonds. The van der Waals surface area contributed by atoms with E-state index in [-0.39, 0.29) is 6.61 Å². The van der Waals surface area contributed by atoms with E-state index in [1.807, 2.05) is 48.5 Å². The number of benzene rings is 2. The first-order valence-electron chi connectivity index (χ1n) is 7.52. The third kappa shape index (κ3) is 3.47. The maximum Gasteiger partial charge on any atom is 0.143 e. The lowest BCUT2D eigenvalue weighted by atomic mass is 10.1. The van der Waals surface area contributed by atoms with Crippen LogP contribution in [0.5, 0.6) is 0 Å². The fourth-order valence-electron chi connectivity index (χ4n) is 2.53. The maximum absolute atomic E-state index is 9.11. The number of anilines is 1. The van der Waals surface area contributed by atoms with Gasteiger partial charge in [0.15, 0.2) is 0 Å². The largest absolute Gasteiger partial charge is 0.392 e. The molecule has 0 saturated heterocycles. The van der Waals surface area contributed by atoms with E-state index in [1.54, 1.807) is 6.07 Å². The number of pyridine rings is 1. The second kappa shape index (κ2) is 6.91. The van der Waals surface area contributed by atoms with Crippen molar-refractivity contribution in [3.63, 3.8) is 0 Å². The summed E-state index contributed by atoms with van der Waals surface area (Å²) in [4.78, 5) is 4.31. The standard InChI is InChI=1S/C19H17N3O/c20-12-16-11-19(17-3-1-2-4-18(17)22-16)21-10-9-14-5-7-15(13-23)8-6-14/h1-8,11,23H,9-10,13H2,(H,21,22). The number of nitrogens with one attached hydrogen (secondary N) is 1. The molecule has 0 bridgehead atoms. The van der Waals surface area contributed by atoms with E-state index < -0.39 is 0 Å². The van der Waals surface area contributed by atoms with Gasteiger partial charge in [0.05, 0.1) is 12.1 Å². The molecule has 0 aliphatic heterocycles. The lowest BCUT2D eigenvalue weighted by Gasteiger charge is -2.10. The van der Waals surface area contributed by atoms with Crippen molar-refractivity contribution in [2.45, 2.75) is 13.0 Å². The number of nitriles is 1. The molecule has 0 unspecified atom stereocenters. The number of hydrogen-bond donors (Lipinski definition) is 2. The molecule has 3 rings (SSSR count). The van der Waals surface area contributed by atoms with Crippen LogP contribution in [0.3, 0.4) is 0 Å². The second-order valence-corrected chi connectivity index (χ2v) is 5.34. The van der Waals surface area contributed by atoms with Crippen LogP contribution in [0.1, 0.15) is 16.8 Å². The number of aliphatic hydroxyl groups is 1. The molecule has 0 saturated carbocycles. The summed E-state index contributed by atoms with van der Waals surface area (Å²) in [5.41, 5.74) is 4.29. The summed E-state index contributed by atoms with van der Waals surface area (Å²) in [6.45, 7) is 0.829. The number of rotatable bonds is 5. The Morgan fingerprint density at radius 1 is 1.04 bits per heavy atom. The Labute approximate surface area is 135 Å². The van der Waals surface area contributed by atoms with Crippen LogP contribution in [0.25, 0.3) is 10.9 Å². The zero-order chi connectivity index (χ0) is 16.1. The van der Waals surface area contributed by atoms with Crippen LogP contribution in [-0.2, 0) is 13.0 Å². The Morgan fingerprint density at radius 2 is 1.78 bits per heavy atom. The number of para-hydroxylation sites is 1. The van der Waals surface area contributed by atoms with Crippen LogP contribution >= 0.6 is 0 Å². The molecule has 2 aromatic carbocycles. The number of aliphatic hydroxyl groups excluding tert-OH is 1. The lowest BCUT2D eigenvalue weighted by Crippen LogP contribution is -2.06. The molecule has 0 spiro atoms. The lowest BCUT2D eigenvalue weighted by molar-refractivity contribution is 0.282. The van der Waals surface area contributed by atoms with Crippen molar-refractivity contribution in [2.24, 2.45) is 0 Å². The smallest absolute Gasteiger partial charge is 0.143 e. The van der Waals surface area contributed by atoms with E-state index >= 15 is 0 Å². The van der Waals surface area contributed by atoms with E-state index in [0.717, 1.165) is 35.1 Å². The van der Waals surface area contributed by atoms with Crippen LogP contribution in [0, 0.1) is 11.3 Å². The molecule has 3 aromatic rings. The van der Waals surface area contributed by atoms with Gasteiger partial charge in [0, 0.05) is 17.6 Å². The van der Waals surface area contributed by atoms with Crippen molar-refractivity contribution < 1.29 is 5.11 Å². The highest BCUT2D eigenvalue weighted by atomic mass is 16.3. The number of aromatic nitrogens is 1. The van der Waals surface area contributed by atoms with Gasteiger partial charge in [-0.05, 0) is 29.7 Å². The second-order valence-electron chi connectivity index (χ2n) is 5.34. The molecule has 2 N–H and O–H groups in total. The average molecular weight is 303 g/mol. The van der Waals surface area contributed by atoms with Crippen LogP contribution in [0.15, 0.2) is 54.6 Å². The first kappa shape index (κ1) is 15.0. The quantitative estimate of drug-likeness (QED) is 0.759. The predicted molar refractivity (Wildman–Crippen MR) is 91.0 cm³/mol. The Morgan fingerprint density at radius 3 is 2.52 bits per heavy atom. The Balaban J connectivity index is 1.74. The molecule has 4 nitrogen and oxygen atoms in total. The monoisotopic (exact) mass is 303 g/mol. The molecule has 1 aromatic heterocycles. The Hall–Kier alpha value is -2.90. The fourth-order valence-corrected chi connectivity index (χ4v) is 2.53. The summed E-state index contributed by atoms with van der Waals surface area (Å²) < 4.78 is 0. The molecule has 0 atom stereocenters. The van der Waals surface area contributed by atoms with E-state index in [2.05, 4.69) is 16.4 Å². The van der Waals surface area contributed by atoms with Gasteiger partial charge in [0.1, 0.15) is 11.8 Å². The van der Waals surface area contributed by atoms with Crippen molar-refractivity contribution in [1.82, 2.24) is 4.98 Å². The minimum Gasteiger partial charge on any atom is -0.392 e. The van der Waals surface area contributed by atoms with Gasteiger partial charge in [-0.15, -0.1) is 0 Å². The average Bonchev–Trinajstić information content (AvgIpc) is 2.62. The van der Waals surface area contributed by atoms with E-state index in [1.165, 1.54) is 5.56 Å². The molecule has 1 heterocycles. The van der Waals surface area contributed by atoms with Gasteiger partial charge < -0.3 is 10.4 Å². The van der Waals surface area contributed by atoms with Crippen LogP contribution in [0.2, 0.25) is 0 Å². The molecule has 114 valence electrons. The van der Waals surface area contributed by atoms with Crippen LogP contribution in [-0.4, -0.2) is 16.6 Å². The van der Waals surface area contributed by atoms with Gasteiger partial charge in [-0.2, -0.15) is 5.26 Å². The summed E-state index contributed by atoms with van der Waals surface area (Å²) in [5.74, 6) is 0. The summed E-state index contributed by atoms with van der Waals surface area (Å²) in [7, 11) is 0. The summed E-state index contributed by atoms with van der Waals surface area (Å²) >= 11 is 0. The van der Waals surface area contributed by atoms with Gasteiger partial charge in [-0.1, -0.05) is 42.5 Å². The van der Waals surface area contributed by atoms with Gasteiger partial charge in [-0.25, -0.2) is 4.98 Å². The highest BCUT2D eigenvalue weighted by Crippen LogP contribution is 2.22. The minimum absolute atomic E-state index is 0.0679. The number of fused-ring (bicyclic) bond motifs is 1. The van der Waals surface area contributed by atoms with Gasteiger partial charge in [-0.3, -0.25) is 0 Å². The first-order chi connectivity index (χ1) is 11.3. The van der Waals surface area contributed by atoms with E-state index in [4.69, 9.17) is 10.4 Å². The van der Waals surface area contributed by atoms with Crippen molar-refractivity contribution in [2.75, 3.05) is 11.9 Å². The molecule has 0 aliphatic carbocycles. The first-order valence-corrected chi connectivity index (χ1v) is 7.52. The Bertz CT molecular complexity index is 851. The minimum atomic E-state index is 0.0679. The normalized spacial score (nSPS) is 10.4. The number of nitrogens with zero attached hydrogens (tertiary/aromatic N) is 2. The zero-order valence-electron chi connectivity index (χ0n) is 12.7. The SMILES string of the molecule is N#Cc1cc(NCCc2ccc(CO)cc2)c2ccccc2n1. The molecule has 0 fully saturated rings. The van der Waals surface area contributed by atoms with Crippen molar-refractivity contribution in [3.05, 3.63) is 71.4 Å². The Kier molecular flexibility index (Phi) is 4.51. The topological polar surface area (TPSA) is 68.9 Å². The van der Waals surface area contributed by atoms with E-state index in [9.17, 15) is 0 Å². The van der Waals surface area contributed by atoms with Gasteiger partial charge in [0.2, 0.25) is 0 Å². The number of hydrogen-bond acceptors (Lipinski definition) is 4. The highest BCUT2D eigenvalue weighted by Gasteiger charge is 2.05. The van der Waals surface area contributed by atoms with E-state index in [0.29, 0.717) is 5.69 Å². The van der Waals surface area contributed by atoms with Crippen molar-refractivity contribution >= 4 is 16.6 Å². The summed E-state index contributed by atoms with van der Waals surface area (Å²) in [6.07, 6.45) is 0.865. The highest BCUT2D eigenvalue weighted by molar-refractivity contribution is 5.91. The fraction of sp³-hybridized carbons (Fsp3) is 0.158. The molecular formula is C19H17N3O. The molecular weight excluding hydrogens is 286 g/mol. The van der Waals surface area contributed by atoms with Crippen LogP contribution < -0.4 is 5.32 Å². The van der Waals surface area contributed by atoms with Crippen LogP contribution in [0.4, 0.5) is 5.69 Å². The van der Waals surface area contributed by atoms with Crippen molar-refractivity contribution in [3.8, 4) is 6.07 Å². The third-order valence-electron chi connectivity index (χ3n) is 3.77. The summed E-state index contributed by atoms with van der Waals surface area (Å²) in [6, 6.07) is 19.6. The van der Waals surface area contributed by atoms with Gasteiger partial charge >= 0.3 is 0 Å². The van der Waals surface area contributed by atoms with Gasteiger partial charge in [0.25, 0.3) is 0 Å². The zero-order valence-corrected chi connectivity index (χ0v) is 12.7. The molecule has 4 heteroatoms. The predicted octanol–water partition coefficient (Wildman–Crippen LogP) is 3.25.